The van der Waals surface area contributed by atoms with E-state index in [-0.39, 0.29) is 24.5 Å². The van der Waals surface area contributed by atoms with E-state index in [1.165, 1.54) is 6.07 Å². The summed E-state index contributed by atoms with van der Waals surface area (Å²) in [5, 5.41) is 21.7. The van der Waals surface area contributed by atoms with Crippen molar-refractivity contribution in [2.24, 2.45) is 0 Å². The van der Waals surface area contributed by atoms with Crippen LogP contribution < -0.4 is 5.32 Å². The van der Waals surface area contributed by atoms with Crippen LogP contribution in [-0.4, -0.2) is 27.6 Å². The molecule has 1 amide bonds. The van der Waals surface area contributed by atoms with Gasteiger partial charge in [0.25, 0.3) is 0 Å². The number of benzene rings is 1. The molecule has 0 unspecified atom stereocenters. The molecule has 0 atom stereocenters. The molecule has 2 rings (SSSR count). The Balaban J connectivity index is 2.04. The number of carboxylic acid groups (broad SMARTS) is 1. The van der Waals surface area contributed by atoms with Crippen LogP contribution in [0.2, 0.25) is 0 Å². The van der Waals surface area contributed by atoms with Gasteiger partial charge in [0, 0.05) is 5.56 Å². The Labute approximate surface area is 124 Å². The minimum atomic E-state index is -0.889. The molecular formula is C16H21NO4. The number of phenols is 1. The maximum absolute atomic E-state index is 12.2. The van der Waals surface area contributed by atoms with Crippen LogP contribution in [0, 0.1) is 0 Å². The highest BCUT2D eigenvalue weighted by Gasteiger charge is 2.35. The molecule has 0 saturated heterocycles. The van der Waals surface area contributed by atoms with E-state index in [1.54, 1.807) is 18.2 Å². The molecule has 114 valence electrons. The minimum absolute atomic E-state index is 0.0422. The second-order valence-corrected chi connectivity index (χ2v) is 5.77. The molecule has 0 aromatic heterocycles. The lowest BCUT2D eigenvalue weighted by atomic mass is 9.79. The molecule has 0 bridgehead atoms. The highest BCUT2D eigenvalue weighted by atomic mass is 16.4. The van der Waals surface area contributed by atoms with Gasteiger partial charge in [0.05, 0.1) is 18.4 Å². The maximum atomic E-state index is 12.2. The number of amides is 1. The lowest BCUT2D eigenvalue weighted by Gasteiger charge is -2.37. The van der Waals surface area contributed by atoms with E-state index in [2.05, 4.69) is 5.32 Å². The van der Waals surface area contributed by atoms with Crippen LogP contribution in [0.15, 0.2) is 24.3 Å². The van der Waals surface area contributed by atoms with Crippen molar-refractivity contribution in [2.75, 3.05) is 0 Å². The second kappa shape index (κ2) is 6.61. The summed E-state index contributed by atoms with van der Waals surface area (Å²) in [7, 11) is 0. The molecule has 1 fully saturated rings. The third-order valence-corrected chi connectivity index (χ3v) is 4.05. The SMILES string of the molecule is O=C(O)CC1(NC(=O)Cc2ccccc2O)CCCCC1. The summed E-state index contributed by atoms with van der Waals surface area (Å²) in [6.07, 6.45) is 4.37. The molecule has 1 aliphatic carbocycles. The number of carbonyl (C=O) groups is 2. The molecule has 1 aliphatic rings. The van der Waals surface area contributed by atoms with Crippen LogP contribution in [0.25, 0.3) is 0 Å². The number of carbonyl (C=O) groups excluding carboxylic acids is 1. The maximum Gasteiger partial charge on any atom is 0.305 e. The van der Waals surface area contributed by atoms with Crippen molar-refractivity contribution < 1.29 is 19.8 Å². The van der Waals surface area contributed by atoms with Crippen LogP contribution in [0.4, 0.5) is 0 Å². The van der Waals surface area contributed by atoms with Gasteiger partial charge in [-0.2, -0.15) is 0 Å². The van der Waals surface area contributed by atoms with Crippen LogP contribution in [0.1, 0.15) is 44.1 Å². The van der Waals surface area contributed by atoms with Crippen molar-refractivity contribution in [2.45, 2.75) is 50.5 Å². The number of aliphatic carboxylic acids is 1. The van der Waals surface area contributed by atoms with Gasteiger partial charge in [0.1, 0.15) is 5.75 Å². The van der Waals surface area contributed by atoms with Gasteiger partial charge in [-0.1, -0.05) is 37.5 Å². The second-order valence-electron chi connectivity index (χ2n) is 5.77. The molecule has 1 aromatic rings. The summed E-state index contributed by atoms with van der Waals surface area (Å²) < 4.78 is 0. The predicted octanol–water partition coefficient (Wildman–Crippen LogP) is 2.23. The smallest absolute Gasteiger partial charge is 0.305 e. The van der Waals surface area contributed by atoms with E-state index < -0.39 is 11.5 Å². The van der Waals surface area contributed by atoms with Crippen LogP contribution >= 0.6 is 0 Å². The Bertz CT molecular complexity index is 521. The highest BCUT2D eigenvalue weighted by Crippen LogP contribution is 2.31. The molecular weight excluding hydrogens is 270 g/mol. The zero-order chi connectivity index (χ0) is 15.3. The molecule has 3 N–H and O–H groups in total. The fourth-order valence-electron chi connectivity index (χ4n) is 3.04. The van der Waals surface area contributed by atoms with E-state index in [0.717, 1.165) is 19.3 Å². The molecule has 21 heavy (non-hydrogen) atoms. The fourth-order valence-corrected chi connectivity index (χ4v) is 3.04. The van der Waals surface area contributed by atoms with Crippen LogP contribution in [0.5, 0.6) is 5.75 Å². The first-order chi connectivity index (χ1) is 10.0. The zero-order valence-electron chi connectivity index (χ0n) is 12.0. The summed E-state index contributed by atoms with van der Waals surface area (Å²) in [6, 6.07) is 6.69. The molecule has 0 aliphatic heterocycles. The predicted molar refractivity (Wildman–Crippen MR) is 78.0 cm³/mol. The van der Waals surface area contributed by atoms with Crippen LogP contribution in [-0.2, 0) is 16.0 Å². The molecule has 5 heteroatoms. The number of para-hydroxylation sites is 1. The molecule has 1 aromatic carbocycles. The number of aromatic hydroxyl groups is 1. The van der Waals surface area contributed by atoms with Gasteiger partial charge in [0.2, 0.25) is 5.91 Å². The van der Waals surface area contributed by atoms with Gasteiger partial charge in [-0.3, -0.25) is 9.59 Å². The fraction of sp³-hybridized carbons (Fsp3) is 0.500. The summed E-state index contributed by atoms with van der Waals surface area (Å²) in [6.45, 7) is 0. The van der Waals surface area contributed by atoms with E-state index in [1.807, 2.05) is 0 Å². The lowest BCUT2D eigenvalue weighted by Crippen LogP contribution is -2.51. The third kappa shape index (κ3) is 4.21. The highest BCUT2D eigenvalue weighted by molar-refractivity contribution is 5.81. The Morgan fingerprint density at radius 1 is 1.14 bits per heavy atom. The summed E-state index contributed by atoms with van der Waals surface area (Å²) in [5.41, 5.74) is -0.0813. The number of nitrogens with one attached hydrogen (secondary N) is 1. The largest absolute Gasteiger partial charge is 0.508 e. The third-order valence-electron chi connectivity index (χ3n) is 4.05. The first-order valence-corrected chi connectivity index (χ1v) is 7.30. The molecule has 0 heterocycles. The minimum Gasteiger partial charge on any atom is -0.508 e. The Morgan fingerprint density at radius 3 is 2.43 bits per heavy atom. The van der Waals surface area contributed by atoms with E-state index >= 15 is 0 Å². The van der Waals surface area contributed by atoms with Crippen molar-refractivity contribution in [1.82, 2.24) is 5.32 Å². The topological polar surface area (TPSA) is 86.6 Å². The van der Waals surface area contributed by atoms with Gasteiger partial charge < -0.3 is 15.5 Å². The lowest BCUT2D eigenvalue weighted by molar-refractivity contribution is -0.139. The molecule has 5 nitrogen and oxygen atoms in total. The van der Waals surface area contributed by atoms with Gasteiger partial charge in [-0.05, 0) is 18.9 Å². The first kappa shape index (κ1) is 15.4. The molecule has 0 radical (unpaired) electrons. The quantitative estimate of drug-likeness (QED) is 0.776. The van der Waals surface area contributed by atoms with E-state index in [4.69, 9.17) is 5.11 Å². The number of hydrogen-bond donors (Lipinski definition) is 3. The average molecular weight is 291 g/mol. The Hall–Kier alpha value is -2.04. The average Bonchev–Trinajstić information content (AvgIpc) is 2.41. The Kier molecular flexibility index (Phi) is 4.83. The molecule has 0 spiro atoms. The van der Waals surface area contributed by atoms with Crippen molar-refractivity contribution >= 4 is 11.9 Å². The molecule has 1 saturated carbocycles. The van der Waals surface area contributed by atoms with Crippen molar-refractivity contribution in [3.63, 3.8) is 0 Å². The summed E-state index contributed by atoms with van der Waals surface area (Å²) in [5.74, 6) is -1.04. The number of rotatable bonds is 5. The van der Waals surface area contributed by atoms with Crippen molar-refractivity contribution in [3.05, 3.63) is 29.8 Å². The van der Waals surface area contributed by atoms with Crippen LogP contribution in [0.3, 0.4) is 0 Å². The van der Waals surface area contributed by atoms with E-state index in [9.17, 15) is 14.7 Å². The summed E-state index contributed by atoms with van der Waals surface area (Å²) >= 11 is 0. The standard InChI is InChI=1S/C16H21NO4/c18-13-7-3-2-6-12(13)10-14(19)17-16(11-15(20)21)8-4-1-5-9-16/h2-3,6-7,18H,1,4-5,8-11H2,(H,17,19)(H,20,21). The van der Waals surface area contributed by atoms with Gasteiger partial charge in [-0.15, -0.1) is 0 Å². The van der Waals surface area contributed by atoms with Gasteiger partial charge >= 0.3 is 5.97 Å². The van der Waals surface area contributed by atoms with Gasteiger partial charge in [0.15, 0.2) is 0 Å². The zero-order valence-corrected chi connectivity index (χ0v) is 12.0. The van der Waals surface area contributed by atoms with Crippen molar-refractivity contribution in [3.8, 4) is 5.75 Å². The number of carboxylic acids is 1. The van der Waals surface area contributed by atoms with Crippen molar-refractivity contribution in [1.29, 1.82) is 0 Å². The number of phenolic OH excluding ortho intramolecular Hbond substituents is 1. The normalized spacial score (nSPS) is 17.1. The number of hydrogen-bond acceptors (Lipinski definition) is 3. The monoisotopic (exact) mass is 291 g/mol. The van der Waals surface area contributed by atoms with Gasteiger partial charge in [-0.25, -0.2) is 0 Å². The first-order valence-electron chi connectivity index (χ1n) is 7.30. The Morgan fingerprint density at radius 2 is 1.81 bits per heavy atom. The summed E-state index contributed by atoms with van der Waals surface area (Å²) in [4.78, 5) is 23.3. The van der Waals surface area contributed by atoms with E-state index in [0.29, 0.717) is 18.4 Å².